The second-order valence-electron chi connectivity index (χ2n) is 15.2. The Morgan fingerprint density at radius 3 is 1.42 bits per heavy atom. The van der Waals surface area contributed by atoms with Gasteiger partial charge in [0.25, 0.3) is 0 Å². The van der Waals surface area contributed by atoms with Gasteiger partial charge in [0.15, 0.2) is 0 Å². The molecule has 0 saturated heterocycles. The number of benzene rings is 8. The third-order valence-electron chi connectivity index (χ3n) is 12.3. The number of hydrogen-bond donors (Lipinski definition) is 0. The van der Waals surface area contributed by atoms with E-state index in [-0.39, 0.29) is 5.41 Å². The fraction of sp³-hybridized carbons (Fsp3) is 0.0769. The molecule has 8 aromatic rings. The monoisotopic (exact) mass is 675 g/mol. The summed E-state index contributed by atoms with van der Waals surface area (Å²) >= 11 is 0. The molecule has 1 spiro atoms. The number of anilines is 3. The molecule has 0 unspecified atom stereocenters. The summed E-state index contributed by atoms with van der Waals surface area (Å²) in [6, 6.07) is 70.2. The maximum atomic E-state index is 2.61. The molecule has 0 bridgehead atoms. The average molecular weight is 676 g/mol. The molecule has 250 valence electrons. The summed E-state index contributed by atoms with van der Waals surface area (Å²) in [5.74, 6) is 0. The van der Waals surface area contributed by atoms with Crippen LogP contribution in [-0.4, -0.2) is 0 Å². The maximum Gasteiger partial charge on any atom is 0.0746 e. The van der Waals surface area contributed by atoms with E-state index < -0.39 is 5.41 Å². The van der Waals surface area contributed by atoms with Crippen molar-refractivity contribution in [2.24, 2.45) is 0 Å². The summed E-state index contributed by atoms with van der Waals surface area (Å²) in [6.45, 7) is 4.75. The summed E-state index contributed by atoms with van der Waals surface area (Å²) in [5.41, 5.74) is 21.3. The molecule has 8 aromatic carbocycles. The minimum absolute atomic E-state index is 0.133. The van der Waals surface area contributed by atoms with E-state index >= 15 is 0 Å². The molecule has 0 aromatic heterocycles. The molecule has 3 aliphatic rings. The normalized spacial score (nSPS) is 14.5. The van der Waals surface area contributed by atoms with Crippen LogP contribution in [0.4, 0.5) is 17.1 Å². The van der Waals surface area contributed by atoms with Crippen molar-refractivity contribution in [1.82, 2.24) is 0 Å². The molecule has 0 fully saturated rings. The van der Waals surface area contributed by atoms with E-state index in [9.17, 15) is 0 Å². The lowest BCUT2D eigenvalue weighted by molar-refractivity contribution is 0.660. The van der Waals surface area contributed by atoms with Crippen molar-refractivity contribution in [3.63, 3.8) is 0 Å². The Morgan fingerprint density at radius 1 is 0.321 bits per heavy atom. The van der Waals surface area contributed by atoms with Gasteiger partial charge in [-0.05, 0) is 79.4 Å². The summed E-state index contributed by atoms with van der Waals surface area (Å²) in [4.78, 5) is 2.61. The second-order valence-corrected chi connectivity index (χ2v) is 15.2. The zero-order valence-electron chi connectivity index (χ0n) is 29.8. The average Bonchev–Trinajstić information content (AvgIpc) is 3.78. The van der Waals surface area contributed by atoms with E-state index in [2.05, 4.69) is 207 Å². The number of hydrogen-bond acceptors (Lipinski definition) is 1. The first kappa shape index (κ1) is 30.2. The van der Waals surface area contributed by atoms with Gasteiger partial charge in [0.05, 0.1) is 22.5 Å². The van der Waals surface area contributed by atoms with Gasteiger partial charge in [-0.3, -0.25) is 0 Å². The van der Waals surface area contributed by atoms with Gasteiger partial charge in [-0.25, -0.2) is 0 Å². The van der Waals surface area contributed by atoms with Crippen LogP contribution in [-0.2, 0) is 10.8 Å². The predicted molar refractivity (Wildman–Crippen MR) is 220 cm³/mol. The molecule has 0 heterocycles. The van der Waals surface area contributed by atoms with Gasteiger partial charge in [0.1, 0.15) is 0 Å². The third kappa shape index (κ3) is 3.92. The van der Waals surface area contributed by atoms with Crippen molar-refractivity contribution in [2.75, 3.05) is 4.90 Å². The molecule has 0 amide bonds. The Labute approximate surface area is 311 Å². The molecule has 0 aliphatic heterocycles. The lowest BCUT2D eigenvalue weighted by atomic mass is 9.70. The van der Waals surface area contributed by atoms with Gasteiger partial charge >= 0.3 is 0 Å². The Kier molecular flexibility index (Phi) is 6.29. The molecule has 0 N–H and O–H groups in total. The summed E-state index contributed by atoms with van der Waals surface area (Å²) in [7, 11) is 0. The van der Waals surface area contributed by atoms with Crippen LogP contribution in [0.2, 0.25) is 0 Å². The van der Waals surface area contributed by atoms with E-state index in [0.717, 1.165) is 5.69 Å². The van der Waals surface area contributed by atoms with Crippen LogP contribution in [0.3, 0.4) is 0 Å². The Balaban J connectivity index is 1.31. The topological polar surface area (TPSA) is 3.24 Å². The van der Waals surface area contributed by atoms with Crippen LogP contribution in [0.1, 0.15) is 47.2 Å². The molecule has 53 heavy (non-hydrogen) atoms. The molecule has 3 aliphatic carbocycles. The highest BCUT2D eigenvalue weighted by atomic mass is 15.2. The highest BCUT2D eigenvalue weighted by molar-refractivity contribution is 6.03. The Hall–Kier alpha value is -6.44. The van der Waals surface area contributed by atoms with Crippen LogP contribution in [0.25, 0.3) is 44.5 Å². The molecule has 0 radical (unpaired) electrons. The molecule has 0 saturated carbocycles. The second kappa shape index (κ2) is 11.0. The Bertz CT molecular complexity index is 2710. The van der Waals surface area contributed by atoms with Crippen molar-refractivity contribution < 1.29 is 0 Å². The number of rotatable bonds is 4. The van der Waals surface area contributed by atoms with Crippen LogP contribution >= 0.6 is 0 Å². The van der Waals surface area contributed by atoms with Crippen molar-refractivity contribution in [3.05, 3.63) is 221 Å². The van der Waals surface area contributed by atoms with Gasteiger partial charge in [-0.1, -0.05) is 184 Å². The standard InChI is InChI=1S/C52H37N/c1-51(2)41-26-11-9-24-40(41)49-45(51)30-17-32-47(49)53(46-31-15-10-20-35(46)34-18-4-3-5-19-34)48-33-16-25-39-38-23-8-14-29-44(38)52(50(39)48)42-27-12-6-21-36(42)37-22-7-13-28-43(37)52/h3-33H,1-2H3. The van der Waals surface area contributed by atoms with Crippen molar-refractivity contribution in [3.8, 4) is 44.5 Å². The van der Waals surface area contributed by atoms with Crippen LogP contribution in [0.15, 0.2) is 188 Å². The summed E-state index contributed by atoms with van der Waals surface area (Å²) < 4.78 is 0. The predicted octanol–water partition coefficient (Wildman–Crippen LogP) is 13.5. The zero-order valence-corrected chi connectivity index (χ0v) is 29.8. The quantitative estimate of drug-likeness (QED) is 0.179. The van der Waals surface area contributed by atoms with Crippen LogP contribution in [0.5, 0.6) is 0 Å². The summed E-state index contributed by atoms with van der Waals surface area (Å²) in [5, 5.41) is 0. The molecule has 1 heteroatoms. The molecule has 11 rings (SSSR count). The highest BCUT2D eigenvalue weighted by Crippen LogP contribution is 2.66. The number of fused-ring (bicyclic) bond motifs is 13. The summed E-state index contributed by atoms with van der Waals surface area (Å²) in [6.07, 6.45) is 0. The molecular weight excluding hydrogens is 639 g/mol. The van der Waals surface area contributed by atoms with Gasteiger partial charge < -0.3 is 4.90 Å². The van der Waals surface area contributed by atoms with Crippen molar-refractivity contribution >= 4 is 17.1 Å². The zero-order chi connectivity index (χ0) is 35.3. The fourth-order valence-corrected chi connectivity index (χ4v) is 10.2. The first-order valence-corrected chi connectivity index (χ1v) is 18.7. The van der Waals surface area contributed by atoms with Gasteiger partial charge in [0, 0.05) is 22.1 Å². The van der Waals surface area contributed by atoms with E-state index in [1.807, 2.05) is 0 Å². The first-order valence-electron chi connectivity index (χ1n) is 18.7. The van der Waals surface area contributed by atoms with E-state index in [1.54, 1.807) is 0 Å². The molecular formula is C52H37N. The van der Waals surface area contributed by atoms with E-state index in [0.29, 0.717) is 0 Å². The van der Waals surface area contributed by atoms with Crippen molar-refractivity contribution in [2.45, 2.75) is 24.7 Å². The first-order chi connectivity index (χ1) is 26.1. The van der Waals surface area contributed by atoms with Crippen molar-refractivity contribution in [1.29, 1.82) is 0 Å². The number of para-hydroxylation sites is 1. The largest absolute Gasteiger partial charge is 0.309 e. The molecule has 1 nitrogen and oxygen atoms in total. The van der Waals surface area contributed by atoms with Gasteiger partial charge in [-0.15, -0.1) is 0 Å². The number of nitrogens with zero attached hydrogens (tertiary/aromatic N) is 1. The Morgan fingerprint density at radius 2 is 0.755 bits per heavy atom. The van der Waals surface area contributed by atoms with Crippen LogP contribution < -0.4 is 4.90 Å². The third-order valence-corrected chi connectivity index (χ3v) is 12.3. The SMILES string of the molecule is CC1(C)c2ccccc2-c2c(N(c3ccccc3-c3ccccc3)c3cccc4c3C3(c5ccccc5-c5ccccc53)c3ccccc3-4)cccc21. The molecule has 0 atom stereocenters. The lowest BCUT2D eigenvalue weighted by Crippen LogP contribution is -2.28. The smallest absolute Gasteiger partial charge is 0.0746 e. The lowest BCUT2D eigenvalue weighted by Gasteiger charge is -2.37. The minimum Gasteiger partial charge on any atom is -0.309 e. The minimum atomic E-state index is -0.495. The highest BCUT2D eigenvalue weighted by Gasteiger charge is 2.53. The van der Waals surface area contributed by atoms with E-state index in [1.165, 1.54) is 89.3 Å². The van der Waals surface area contributed by atoms with Gasteiger partial charge in [-0.2, -0.15) is 0 Å². The maximum absolute atomic E-state index is 2.61. The fourth-order valence-electron chi connectivity index (χ4n) is 10.2. The van der Waals surface area contributed by atoms with Gasteiger partial charge in [0.2, 0.25) is 0 Å². The van der Waals surface area contributed by atoms with Crippen LogP contribution in [0, 0.1) is 0 Å². The van der Waals surface area contributed by atoms with E-state index in [4.69, 9.17) is 0 Å².